The number of hydrogen-bond donors (Lipinski definition) is 1. The number of hydrogen-bond acceptors (Lipinski definition) is 7. The normalized spacial score (nSPS) is 12.2. The molecule has 0 aliphatic carbocycles. The van der Waals surface area contributed by atoms with Crippen LogP contribution in [0, 0.1) is 0 Å². The van der Waals surface area contributed by atoms with Crippen molar-refractivity contribution in [3.63, 3.8) is 0 Å². The lowest BCUT2D eigenvalue weighted by Crippen LogP contribution is -2.29. The molecule has 0 saturated heterocycles. The molecule has 0 rings (SSSR count). The second kappa shape index (κ2) is 11.0. The molecule has 0 saturated carbocycles. The van der Waals surface area contributed by atoms with Gasteiger partial charge in [-0.1, -0.05) is 0 Å². The van der Waals surface area contributed by atoms with Crippen LogP contribution < -0.4 is 5.43 Å². The van der Waals surface area contributed by atoms with Crippen molar-refractivity contribution >= 4 is 18.3 Å². The van der Waals surface area contributed by atoms with Crippen LogP contribution in [0.1, 0.15) is 48.0 Å². The summed E-state index contributed by atoms with van der Waals surface area (Å²) in [6.07, 6.45) is 0.993. The van der Waals surface area contributed by atoms with E-state index in [4.69, 9.17) is 18.9 Å². The molecule has 0 atom stereocenters. The monoisotopic (exact) mass is 346 g/mol. The van der Waals surface area contributed by atoms with Gasteiger partial charge in [0.15, 0.2) is 0 Å². The Labute approximate surface area is 143 Å². The first-order valence-electron chi connectivity index (χ1n) is 7.87. The number of amides is 1. The maximum Gasteiger partial charge on any atom is 0.428 e. The van der Waals surface area contributed by atoms with E-state index in [2.05, 4.69) is 10.5 Å². The van der Waals surface area contributed by atoms with Gasteiger partial charge in [-0.3, -0.25) is 4.79 Å². The van der Waals surface area contributed by atoms with Crippen LogP contribution >= 0.6 is 0 Å². The van der Waals surface area contributed by atoms with Crippen LogP contribution in [0.25, 0.3) is 0 Å². The molecule has 0 aliphatic rings. The zero-order chi connectivity index (χ0) is 18.6. The molecule has 8 nitrogen and oxygen atoms in total. The fraction of sp³-hybridized carbons (Fsp3) is 0.812. The smallest absolute Gasteiger partial charge is 0.428 e. The van der Waals surface area contributed by atoms with E-state index in [9.17, 15) is 9.59 Å². The maximum absolute atomic E-state index is 11.4. The highest BCUT2D eigenvalue weighted by atomic mass is 16.6. The van der Waals surface area contributed by atoms with Crippen molar-refractivity contribution in [1.82, 2.24) is 5.43 Å². The SMILES string of the molecule is CC(C)(C)OC(=O)CCOCCOCC=NNC(=O)OC(C)(C)C. The van der Waals surface area contributed by atoms with Gasteiger partial charge in [0, 0.05) is 0 Å². The first-order valence-corrected chi connectivity index (χ1v) is 7.87. The van der Waals surface area contributed by atoms with Gasteiger partial charge in [-0.25, -0.2) is 10.2 Å². The Kier molecular flexibility index (Phi) is 10.2. The van der Waals surface area contributed by atoms with Gasteiger partial charge in [-0.15, -0.1) is 0 Å². The number of nitrogens with zero attached hydrogens (tertiary/aromatic N) is 1. The lowest BCUT2D eigenvalue weighted by atomic mass is 10.2. The van der Waals surface area contributed by atoms with E-state index in [0.29, 0.717) is 13.2 Å². The number of esters is 1. The van der Waals surface area contributed by atoms with Gasteiger partial charge in [-0.05, 0) is 41.5 Å². The topological polar surface area (TPSA) is 95.5 Å². The molecular formula is C16H30N2O6. The molecule has 0 aromatic rings. The standard InChI is InChI=1S/C16H30N2O6/c1-15(2,3)23-13(19)7-9-21-11-12-22-10-8-17-18-14(20)24-16(4,5)6/h8H,7,9-12H2,1-6H3,(H,18,20). The van der Waals surface area contributed by atoms with Crippen LogP contribution in [0.5, 0.6) is 0 Å². The van der Waals surface area contributed by atoms with E-state index in [0.717, 1.165) is 0 Å². The van der Waals surface area contributed by atoms with Gasteiger partial charge in [0.05, 0.1) is 39.1 Å². The summed E-state index contributed by atoms with van der Waals surface area (Å²) in [5, 5.41) is 3.67. The van der Waals surface area contributed by atoms with Crippen molar-refractivity contribution in [2.24, 2.45) is 5.10 Å². The molecule has 0 aliphatic heterocycles. The summed E-state index contributed by atoms with van der Waals surface area (Å²) in [6, 6.07) is 0. The summed E-state index contributed by atoms with van der Waals surface area (Å²) in [4.78, 5) is 22.7. The van der Waals surface area contributed by atoms with E-state index in [-0.39, 0.29) is 25.6 Å². The Morgan fingerprint density at radius 3 is 2.08 bits per heavy atom. The number of hydrazone groups is 1. The predicted molar refractivity (Wildman–Crippen MR) is 90.0 cm³/mol. The van der Waals surface area contributed by atoms with Gasteiger partial charge >= 0.3 is 12.1 Å². The molecule has 0 unspecified atom stereocenters. The van der Waals surface area contributed by atoms with E-state index < -0.39 is 17.3 Å². The molecular weight excluding hydrogens is 316 g/mol. The minimum atomic E-state index is -0.621. The third kappa shape index (κ3) is 16.7. The third-order valence-electron chi connectivity index (χ3n) is 2.08. The van der Waals surface area contributed by atoms with E-state index >= 15 is 0 Å². The zero-order valence-electron chi connectivity index (χ0n) is 15.5. The molecule has 24 heavy (non-hydrogen) atoms. The minimum Gasteiger partial charge on any atom is -0.460 e. The number of carbonyl (C=O) groups is 2. The molecule has 0 aromatic heterocycles. The van der Waals surface area contributed by atoms with Gasteiger partial charge in [0.2, 0.25) is 0 Å². The van der Waals surface area contributed by atoms with Crippen LogP contribution in [0.3, 0.4) is 0 Å². The first kappa shape index (κ1) is 22.3. The summed E-state index contributed by atoms with van der Waals surface area (Å²) in [5.41, 5.74) is 1.19. The quantitative estimate of drug-likeness (QED) is 0.298. The number of rotatable bonds is 9. The fourth-order valence-electron chi connectivity index (χ4n) is 1.34. The molecule has 0 spiro atoms. The summed E-state index contributed by atoms with van der Waals surface area (Å²) in [6.45, 7) is 12.0. The molecule has 140 valence electrons. The second-order valence-corrected chi connectivity index (χ2v) is 6.95. The van der Waals surface area contributed by atoms with E-state index in [1.54, 1.807) is 20.8 Å². The van der Waals surface area contributed by atoms with Crippen LogP contribution in [-0.4, -0.2) is 55.9 Å². The summed E-state index contributed by atoms with van der Waals surface area (Å²) in [5.74, 6) is -0.288. The molecule has 0 heterocycles. The van der Waals surface area contributed by atoms with Crippen molar-refractivity contribution in [2.45, 2.75) is 59.2 Å². The van der Waals surface area contributed by atoms with Crippen LogP contribution in [0.2, 0.25) is 0 Å². The highest BCUT2D eigenvalue weighted by Gasteiger charge is 2.16. The summed E-state index contributed by atoms with van der Waals surface area (Å²) >= 11 is 0. The maximum atomic E-state index is 11.4. The molecule has 0 bridgehead atoms. The Balaban J connectivity index is 3.50. The van der Waals surface area contributed by atoms with Crippen molar-refractivity contribution < 1.29 is 28.5 Å². The van der Waals surface area contributed by atoms with Gasteiger partial charge < -0.3 is 18.9 Å². The van der Waals surface area contributed by atoms with Crippen LogP contribution in [-0.2, 0) is 23.7 Å². The Morgan fingerprint density at radius 1 is 0.917 bits per heavy atom. The first-order chi connectivity index (χ1) is 11.0. The van der Waals surface area contributed by atoms with Crippen LogP contribution in [0.15, 0.2) is 5.10 Å². The molecule has 8 heteroatoms. The van der Waals surface area contributed by atoms with E-state index in [1.807, 2.05) is 20.8 Å². The van der Waals surface area contributed by atoms with Gasteiger partial charge in [0.1, 0.15) is 11.2 Å². The average molecular weight is 346 g/mol. The van der Waals surface area contributed by atoms with Gasteiger partial charge in [-0.2, -0.15) is 5.10 Å². The molecule has 0 fully saturated rings. The summed E-state index contributed by atoms with van der Waals surface area (Å²) in [7, 11) is 0. The Hall–Kier alpha value is -1.67. The molecule has 1 amide bonds. The average Bonchev–Trinajstić information content (AvgIpc) is 2.36. The zero-order valence-corrected chi connectivity index (χ0v) is 15.5. The molecule has 0 aromatic carbocycles. The third-order valence-corrected chi connectivity index (χ3v) is 2.08. The van der Waals surface area contributed by atoms with Crippen molar-refractivity contribution in [2.75, 3.05) is 26.4 Å². The van der Waals surface area contributed by atoms with Crippen molar-refractivity contribution in [3.8, 4) is 0 Å². The van der Waals surface area contributed by atoms with Crippen molar-refractivity contribution in [1.29, 1.82) is 0 Å². The summed E-state index contributed by atoms with van der Waals surface area (Å²) < 4.78 is 20.6. The number of ether oxygens (including phenoxy) is 4. The Morgan fingerprint density at radius 2 is 1.50 bits per heavy atom. The van der Waals surface area contributed by atoms with Crippen molar-refractivity contribution in [3.05, 3.63) is 0 Å². The number of carbonyl (C=O) groups excluding carboxylic acids is 2. The number of nitrogens with one attached hydrogen (secondary N) is 1. The lowest BCUT2D eigenvalue weighted by molar-refractivity contribution is -0.156. The second-order valence-electron chi connectivity index (χ2n) is 6.95. The van der Waals surface area contributed by atoms with Crippen LogP contribution in [0.4, 0.5) is 4.79 Å². The lowest BCUT2D eigenvalue weighted by Gasteiger charge is -2.19. The largest absolute Gasteiger partial charge is 0.460 e. The fourth-order valence-corrected chi connectivity index (χ4v) is 1.34. The van der Waals surface area contributed by atoms with E-state index in [1.165, 1.54) is 6.21 Å². The minimum absolute atomic E-state index is 0.207. The highest BCUT2D eigenvalue weighted by molar-refractivity contribution is 5.70. The predicted octanol–water partition coefficient (Wildman–Crippen LogP) is 2.26. The molecule has 0 radical (unpaired) electrons. The van der Waals surface area contributed by atoms with Gasteiger partial charge in [0.25, 0.3) is 0 Å². The highest BCUT2D eigenvalue weighted by Crippen LogP contribution is 2.08. The Bertz CT molecular complexity index is 410. The molecule has 1 N–H and O–H groups in total.